The van der Waals surface area contributed by atoms with Crippen LogP contribution >= 0.6 is 0 Å². The molecule has 9 heteroatoms. The smallest absolute Gasteiger partial charge is 0.327 e. The molecule has 1 unspecified atom stereocenters. The average Bonchev–Trinajstić information content (AvgIpc) is 3.06. The number of fused-ring (bicyclic) bond motifs is 2. The highest BCUT2D eigenvalue weighted by atomic mass is 16.4. The van der Waals surface area contributed by atoms with E-state index in [1.54, 1.807) is 28.3 Å². The summed E-state index contributed by atoms with van der Waals surface area (Å²) in [5.41, 5.74) is 2.95. The first kappa shape index (κ1) is 14.6. The predicted octanol–water partition coefficient (Wildman–Crippen LogP) is -1.25. The summed E-state index contributed by atoms with van der Waals surface area (Å²) in [6, 6.07) is 2.65. The number of guanidine groups is 1. The highest BCUT2D eigenvalue weighted by Crippen LogP contribution is 2.27. The zero-order valence-corrected chi connectivity index (χ0v) is 13.0. The molecule has 2 aromatic rings. The van der Waals surface area contributed by atoms with Crippen LogP contribution in [0.3, 0.4) is 0 Å². The standard InChI is InChI=1S/C15H14BN5O3/c16-12-9(2-1-8-13(12)18-4-3-17-8)21-10(14(23)24)7-11(22)20-6-5-19-15(20)21/h1-4,10H,5-7,16H2,(H,23,24). The Morgan fingerprint density at radius 2 is 2.08 bits per heavy atom. The third-order valence-electron chi connectivity index (χ3n) is 4.42. The van der Waals surface area contributed by atoms with Crippen LogP contribution in [0.4, 0.5) is 5.69 Å². The fourth-order valence-corrected chi connectivity index (χ4v) is 3.28. The number of carboxylic acids is 1. The monoisotopic (exact) mass is 323 g/mol. The Morgan fingerprint density at radius 3 is 2.88 bits per heavy atom. The number of carboxylic acid groups (broad SMARTS) is 1. The maximum atomic E-state index is 12.2. The molecule has 1 atom stereocenters. The van der Waals surface area contributed by atoms with Gasteiger partial charge < -0.3 is 5.11 Å². The molecule has 0 spiro atoms. The van der Waals surface area contributed by atoms with Crippen molar-refractivity contribution in [2.24, 2.45) is 4.99 Å². The molecule has 1 N–H and O–H groups in total. The molecule has 2 aliphatic heterocycles. The third kappa shape index (κ3) is 2.04. The molecule has 1 aromatic heterocycles. The van der Waals surface area contributed by atoms with Crippen LogP contribution in [0.1, 0.15) is 6.42 Å². The number of aromatic nitrogens is 2. The van der Waals surface area contributed by atoms with Crippen molar-refractivity contribution < 1.29 is 14.7 Å². The van der Waals surface area contributed by atoms with Crippen molar-refractivity contribution in [3.63, 3.8) is 0 Å². The van der Waals surface area contributed by atoms with Gasteiger partial charge in [0.15, 0.2) is 0 Å². The van der Waals surface area contributed by atoms with Crippen LogP contribution < -0.4 is 10.4 Å². The number of carbonyl (C=O) groups is 2. The van der Waals surface area contributed by atoms with Crippen LogP contribution in [0, 0.1) is 0 Å². The van der Waals surface area contributed by atoms with Gasteiger partial charge in [-0.05, 0) is 17.6 Å². The number of amides is 1. The summed E-state index contributed by atoms with van der Waals surface area (Å²) >= 11 is 0. The second kappa shape index (κ2) is 5.29. The molecule has 0 bridgehead atoms. The van der Waals surface area contributed by atoms with Crippen LogP contribution in [0.5, 0.6) is 0 Å². The second-order valence-corrected chi connectivity index (χ2v) is 5.79. The molecule has 1 fully saturated rings. The van der Waals surface area contributed by atoms with Crippen molar-refractivity contribution >= 4 is 47.9 Å². The number of nitrogens with zero attached hydrogens (tertiary/aromatic N) is 5. The summed E-state index contributed by atoms with van der Waals surface area (Å²) in [6.45, 7) is 0.972. The number of benzene rings is 1. The maximum absolute atomic E-state index is 12.2. The minimum atomic E-state index is -1.05. The van der Waals surface area contributed by atoms with Crippen molar-refractivity contribution in [2.75, 3.05) is 18.0 Å². The number of aliphatic imine (C=N–C) groups is 1. The molecule has 1 aromatic carbocycles. The summed E-state index contributed by atoms with van der Waals surface area (Å²) in [6.07, 6.45) is 3.14. The van der Waals surface area contributed by atoms with Gasteiger partial charge in [0.05, 0.1) is 24.0 Å². The molecule has 1 amide bonds. The minimum absolute atomic E-state index is 0.0771. The van der Waals surface area contributed by atoms with E-state index >= 15 is 0 Å². The third-order valence-corrected chi connectivity index (χ3v) is 4.42. The molecule has 120 valence electrons. The predicted molar refractivity (Wildman–Crippen MR) is 90.3 cm³/mol. The summed E-state index contributed by atoms with van der Waals surface area (Å²) in [4.78, 5) is 40.1. The van der Waals surface area contributed by atoms with E-state index in [0.29, 0.717) is 30.3 Å². The lowest BCUT2D eigenvalue weighted by Crippen LogP contribution is -2.59. The lowest BCUT2D eigenvalue weighted by atomic mass is 9.90. The number of carbonyl (C=O) groups excluding carboxylic acids is 1. The first-order valence-corrected chi connectivity index (χ1v) is 7.65. The summed E-state index contributed by atoms with van der Waals surface area (Å²) in [5, 5.41) is 9.62. The van der Waals surface area contributed by atoms with E-state index in [9.17, 15) is 14.7 Å². The van der Waals surface area contributed by atoms with Crippen molar-refractivity contribution in [2.45, 2.75) is 12.5 Å². The van der Waals surface area contributed by atoms with Crippen LogP contribution in [-0.4, -0.2) is 64.8 Å². The fraction of sp³-hybridized carbons (Fsp3) is 0.267. The van der Waals surface area contributed by atoms with Gasteiger partial charge in [-0.15, -0.1) is 0 Å². The zero-order valence-electron chi connectivity index (χ0n) is 13.0. The van der Waals surface area contributed by atoms with Crippen molar-refractivity contribution in [3.8, 4) is 0 Å². The Morgan fingerprint density at radius 1 is 1.29 bits per heavy atom. The first-order valence-electron chi connectivity index (χ1n) is 7.65. The maximum Gasteiger partial charge on any atom is 0.327 e. The van der Waals surface area contributed by atoms with Gasteiger partial charge in [0, 0.05) is 24.6 Å². The Balaban J connectivity index is 1.90. The molecular formula is C15H14BN5O3. The summed E-state index contributed by atoms with van der Waals surface area (Å²) < 4.78 is 0. The Kier molecular flexibility index (Phi) is 3.22. The number of rotatable bonds is 2. The van der Waals surface area contributed by atoms with Crippen LogP contribution in [0.15, 0.2) is 29.5 Å². The largest absolute Gasteiger partial charge is 0.480 e. The summed E-state index contributed by atoms with van der Waals surface area (Å²) in [5.74, 6) is -0.839. The lowest BCUT2D eigenvalue weighted by molar-refractivity contribution is -0.142. The van der Waals surface area contributed by atoms with Gasteiger partial charge in [-0.1, -0.05) is 0 Å². The molecule has 8 nitrogen and oxygen atoms in total. The molecule has 3 heterocycles. The van der Waals surface area contributed by atoms with E-state index in [4.69, 9.17) is 0 Å². The van der Waals surface area contributed by atoms with Gasteiger partial charge in [0.1, 0.15) is 13.9 Å². The van der Waals surface area contributed by atoms with Crippen molar-refractivity contribution in [1.29, 1.82) is 0 Å². The first-order chi connectivity index (χ1) is 11.6. The van der Waals surface area contributed by atoms with E-state index in [2.05, 4.69) is 15.0 Å². The molecule has 2 aliphatic rings. The second-order valence-electron chi connectivity index (χ2n) is 5.79. The van der Waals surface area contributed by atoms with Gasteiger partial charge in [-0.25, -0.2) is 4.79 Å². The van der Waals surface area contributed by atoms with E-state index in [0.717, 1.165) is 11.0 Å². The average molecular weight is 323 g/mol. The molecule has 24 heavy (non-hydrogen) atoms. The Bertz CT molecular complexity index is 900. The highest BCUT2D eigenvalue weighted by Gasteiger charge is 2.43. The van der Waals surface area contributed by atoms with Crippen molar-refractivity contribution in [1.82, 2.24) is 14.9 Å². The van der Waals surface area contributed by atoms with Gasteiger partial charge in [-0.2, -0.15) is 0 Å². The highest BCUT2D eigenvalue weighted by molar-refractivity contribution is 6.42. The normalized spacial score (nSPS) is 20.2. The van der Waals surface area contributed by atoms with E-state index in [1.165, 1.54) is 0 Å². The quantitative estimate of drug-likeness (QED) is 0.694. The molecule has 0 aliphatic carbocycles. The van der Waals surface area contributed by atoms with Crippen LogP contribution in [-0.2, 0) is 9.59 Å². The van der Waals surface area contributed by atoms with Crippen molar-refractivity contribution in [3.05, 3.63) is 24.5 Å². The number of hydrogen-bond donors (Lipinski definition) is 1. The molecular weight excluding hydrogens is 309 g/mol. The number of anilines is 1. The van der Waals surface area contributed by atoms with E-state index in [-0.39, 0.29) is 12.3 Å². The Labute approximate surface area is 138 Å². The molecule has 1 saturated heterocycles. The molecule has 0 radical (unpaired) electrons. The minimum Gasteiger partial charge on any atom is -0.480 e. The molecule has 0 saturated carbocycles. The van der Waals surface area contributed by atoms with Gasteiger partial charge in [-0.3, -0.25) is 29.6 Å². The number of hydrogen-bond acceptors (Lipinski definition) is 6. The fourth-order valence-electron chi connectivity index (χ4n) is 3.28. The zero-order chi connectivity index (χ0) is 16.8. The van der Waals surface area contributed by atoms with Gasteiger partial charge >= 0.3 is 5.97 Å². The molecule has 4 rings (SSSR count). The summed E-state index contributed by atoms with van der Waals surface area (Å²) in [7, 11) is 1.88. The van der Waals surface area contributed by atoms with Crippen LogP contribution in [0.2, 0.25) is 0 Å². The van der Waals surface area contributed by atoms with E-state index in [1.807, 2.05) is 13.9 Å². The number of aliphatic carboxylic acids is 1. The van der Waals surface area contributed by atoms with Crippen LogP contribution in [0.25, 0.3) is 11.0 Å². The SMILES string of the molecule is Bc1c(N2C3=NCCN3C(=O)CC2C(=O)O)ccc2nccnc12. The topological polar surface area (TPSA) is 99.0 Å². The Hall–Kier alpha value is -2.97. The van der Waals surface area contributed by atoms with E-state index < -0.39 is 12.0 Å². The van der Waals surface area contributed by atoms with Gasteiger partial charge in [0.2, 0.25) is 11.9 Å². The van der Waals surface area contributed by atoms with Gasteiger partial charge in [0.25, 0.3) is 0 Å². The lowest BCUT2D eigenvalue weighted by Gasteiger charge is -2.39.